The molecule has 6 nitrogen and oxygen atoms in total. The molecular formula is C25H33N5O. The number of benzene rings is 1. The molecule has 1 N–H and O–H groups in total. The maximum Gasteiger partial charge on any atom is 0.234 e. The van der Waals surface area contributed by atoms with Crippen molar-refractivity contribution in [3.63, 3.8) is 0 Å². The van der Waals surface area contributed by atoms with Gasteiger partial charge in [0.1, 0.15) is 5.65 Å². The maximum absolute atomic E-state index is 12.3. The first-order valence-electron chi connectivity index (χ1n) is 11.3. The standard InChI is InChI=1S/C25H33N5O/c1-20(2)22-8-6-21(7-9-22)10-11-26-25(31)19-29-15-13-28(14-16-29)17-23-18-30-12-4-3-5-24(30)27-23/h3-9,12,18,20H,10-11,13-17,19H2,1-2H3,(H,26,31). The molecule has 0 atom stereocenters. The lowest BCUT2D eigenvalue weighted by Crippen LogP contribution is -2.49. The number of piperazine rings is 1. The summed E-state index contributed by atoms with van der Waals surface area (Å²) in [6.45, 7) is 10.2. The third kappa shape index (κ3) is 5.93. The Labute approximate surface area is 184 Å². The second-order valence-corrected chi connectivity index (χ2v) is 8.75. The van der Waals surface area contributed by atoms with Crippen molar-refractivity contribution in [2.75, 3.05) is 39.3 Å². The van der Waals surface area contributed by atoms with E-state index >= 15 is 0 Å². The van der Waals surface area contributed by atoms with E-state index in [1.807, 2.05) is 24.4 Å². The van der Waals surface area contributed by atoms with Crippen LogP contribution in [0.25, 0.3) is 5.65 Å². The minimum Gasteiger partial charge on any atom is -0.355 e. The van der Waals surface area contributed by atoms with Gasteiger partial charge in [0, 0.05) is 51.7 Å². The summed E-state index contributed by atoms with van der Waals surface area (Å²) in [5.41, 5.74) is 4.71. The third-order valence-corrected chi connectivity index (χ3v) is 6.01. The van der Waals surface area contributed by atoms with E-state index in [0.717, 1.165) is 50.5 Å². The smallest absolute Gasteiger partial charge is 0.234 e. The molecule has 1 aliphatic heterocycles. The number of nitrogens with zero attached hydrogens (tertiary/aromatic N) is 4. The van der Waals surface area contributed by atoms with Crippen LogP contribution in [0.1, 0.15) is 36.6 Å². The Hall–Kier alpha value is -2.70. The van der Waals surface area contributed by atoms with Crippen molar-refractivity contribution in [3.8, 4) is 0 Å². The highest BCUT2D eigenvalue weighted by atomic mass is 16.2. The minimum atomic E-state index is 0.118. The van der Waals surface area contributed by atoms with Crippen LogP contribution in [0.4, 0.5) is 0 Å². The van der Waals surface area contributed by atoms with Crippen LogP contribution in [0, 0.1) is 0 Å². The Morgan fingerprint density at radius 3 is 2.48 bits per heavy atom. The monoisotopic (exact) mass is 419 g/mol. The molecule has 1 amide bonds. The summed E-state index contributed by atoms with van der Waals surface area (Å²) < 4.78 is 2.06. The third-order valence-electron chi connectivity index (χ3n) is 6.01. The molecule has 1 aliphatic rings. The van der Waals surface area contributed by atoms with Crippen LogP contribution in [-0.4, -0.2) is 64.4 Å². The van der Waals surface area contributed by atoms with Crippen molar-refractivity contribution < 1.29 is 4.79 Å². The minimum absolute atomic E-state index is 0.118. The Balaban J connectivity index is 1.15. The molecule has 2 aromatic heterocycles. The summed E-state index contributed by atoms with van der Waals surface area (Å²) in [6, 6.07) is 14.8. The summed E-state index contributed by atoms with van der Waals surface area (Å²) in [5.74, 6) is 0.668. The molecule has 31 heavy (non-hydrogen) atoms. The van der Waals surface area contributed by atoms with Gasteiger partial charge in [-0.15, -0.1) is 0 Å². The van der Waals surface area contributed by atoms with Gasteiger partial charge in [0.05, 0.1) is 12.2 Å². The number of hydrogen-bond donors (Lipinski definition) is 1. The zero-order valence-corrected chi connectivity index (χ0v) is 18.6. The lowest BCUT2D eigenvalue weighted by Gasteiger charge is -2.33. The van der Waals surface area contributed by atoms with Crippen molar-refractivity contribution >= 4 is 11.6 Å². The van der Waals surface area contributed by atoms with Crippen molar-refractivity contribution in [2.45, 2.75) is 32.7 Å². The highest BCUT2D eigenvalue weighted by Gasteiger charge is 2.19. The molecule has 0 aliphatic carbocycles. The van der Waals surface area contributed by atoms with Crippen LogP contribution in [-0.2, 0) is 17.8 Å². The molecule has 3 heterocycles. The van der Waals surface area contributed by atoms with Crippen molar-refractivity contribution in [3.05, 3.63) is 71.7 Å². The fourth-order valence-corrected chi connectivity index (χ4v) is 4.07. The number of imidazole rings is 1. The first kappa shape index (κ1) is 21.5. The lowest BCUT2D eigenvalue weighted by molar-refractivity contribution is -0.122. The van der Waals surface area contributed by atoms with Gasteiger partial charge in [-0.25, -0.2) is 4.98 Å². The summed E-state index contributed by atoms with van der Waals surface area (Å²) in [4.78, 5) is 21.7. The lowest BCUT2D eigenvalue weighted by atomic mass is 10.0. The Kier molecular flexibility index (Phi) is 6.99. The van der Waals surface area contributed by atoms with E-state index in [2.05, 4.69) is 68.8 Å². The van der Waals surface area contributed by atoms with E-state index in [4.69, 9.17) is 0 Å². The summed E-state index contributed by atoms with van der Waals surface area (Å²) in [5, 5.41) is 3.07. The molecule has 164 valence electrons. The highest BCUT2D eigenvalue weighted by molar-refractivity contribution is 5.78. The van der Waals surface area contributed by atoms with Gasteiger partial charge in [0.15, 0.2) is 0 Å². The van der Waals surface area contributed by atoms with E-state index in [9.17, 15) is 4.79 Å². The largest absolute Gasteiger partial charge is 0.355 e. The van der Waals surface area contributed by atoms with Crippen LogP contribution in [0.3, 0.4) is 0 Å². The number of carbonyl (C=O) groups excluding carboxylic acids is 1. The highest BCUT2D eigenvalue weighted by Crippen LogP contribution is 2.15. The Bertz CT molecular complexity index is 954. The van der Waals surface area contributed by atoms with Crippen LogP contribution in [0.2, 0.25) is 0 Å². The number of fused-ring (bicyclic) bond motifs is 1. The van der Waals surface area contributed by atoms with Crippen molar-refractivity contribution in [2.24, 2.45) is 0 Å². The number of amides is 1. The van der Waals surface area contributed by atoms with E-state index in [-0.39, 0.29) is 5.91 Å². The van der Waals surface area contributed by atoms with Gasteiger partial charge >= 0.3 is 0 Å². The molecule has 6 heteroatoms. The Morgan fingerprint density at radius 1 is 1.03 bits per heavy atom. The van der Waals surface area contributed by atoms with E-state index in [1.165, 1.54) is 11.1 Å². The normalized spacial score (nSPS) is 15.6. The molecule has 1 fully saturated rings. The summed E-state index contributed by atoms with van der Waals surface area (Å²) in [6.07, 6.45) is 5.01. The SMILES string of the molecule is CC(C)c1ccc(CCNC(=O)CN2CCN(Cc3cn4ccccc4n3)CC2)cc1. The zero-order valence-electron chi connectivity index (χ0n) is 18.6. The van der Waals surface area contributed by atoms with Gasteiger partial charge in [0.25, 0.3) is 0 Å². The molecule has 3 aromatic rings. The van der Waals surface area contributed by atoms with Crippen LogP contribution in [0.5, 0.6) is 0 Å². The van der Waals surface area contributed by atoms with Gasteiger partial charge < -0.3 is 9.72 Å². The molecule has 0 bridgehead atoms. The quantitative estimate of drug-likeness (QED) is 0.610. The van der Waals surface area contributed by atoms with Gasteiger partial charge in [-0.05, 0) is 35.6 Å². The van der Waals surface area contributed by atoms with Crippen LogP contribution in [0.15, 0.2) is 54.9 Å². The van der Waals surface area contributed by atoms with Crippen LogP contribution < -0.4 is 5.32 Å². The average molecular weight is 420 g/mol. The number of hydrogen-bond acceptors (Lipinski definition) is 4. The number of pyridine rings is 1. The predicted molar refractivity (Wildman–Crippen MR) is 124 cm³/mol. The first-order valence-corrected chi connectivity index (χ1v) is 11.3. The second kappa shape index (κ2) is 10.1. The molecule has 0 saturated carbocycles. The van der Waals surface area contributed by atoms with Crippen molar-refractivity contribution in [1.82, 2.24) is 24.5 Å². The molecule has 0 radical (unpaired) electrons. The van der Waals surface area contributed by atoms with E-state index in [0.29, 0.717) is 19.0 Å². The van der Waals surface area contributed by atoms with Gasteiger partial charge in [0.2, 0.25) is 5.91 Å². The predicted octanol–water partition coefficient (Wildman–Crippen LogP) is 2.93. The fraction of sp³-hybridized carbons (Fsp3) is 0.440. The van der Waals surface area contributed by atoms with E-state index in [1.54, 1.807) is 0 Å². The zero-order chi connectivity index (χ0) is 21.6. The van der Waals surface area contributed by atoms with Crippen molar-refractivity contribution in [1.29, 1.82) is 0 Å². The topological polar surface area (TPSA) is 52.9 Å². The molecule has 0 unspecified atom stereocenters. The van der Waals surface area contributed by atoms with Gasteiger partial charge in [-0.1, -0.05) is 44.2 Å². The first-order chi connectivity index (χ1) is 15.1. The van der Waals surface area contributed by atoms with Crippen LogP contribution >= 0.6 is 0 Å². The number of rotatable bonds is 8. The molecule has 1 aromatic carbocycles. The molecule has 0 spiro atoms. The van der Waals surface area contributed by atoms with Gasteiger partial charge in [-0.2, -0.15) is 0 Å². The number of aromatic nitrogens is 2. The molecular weight excluding hydrogens is 386 g/mol. The van der Waals surface area contributed by atoms with E-state index < -0.39 is 0 Å². The fourth-order valence-electron chi connectivity index (χ4n) is 4.07. The molecule has 4 rings (SSSR count). The Morgan fingerprint density at radius 2 is 1.77 bits per heavy atom. The van der Waals surface area contributed by atoms with Gasteiger partial charge in [-0.3, -0.25) is 14.6 Å². The summed E-state index contributed by atoms with van der Waals surface area (Å²) >= 11 is 0. The second-order valence-electron chi connectivity index (χ2n) is 8.75. The molecule has 1 saturated heterocycles. The average Bonchev–Trinajstić information content (AvgIpc) is 3.18. The summed E-state index contributed by atoms with van der Waals surface area (Å²) in [7, 11) is 0. The number of nitrogens with one attached hydrogen (secondary N) is 1. The maximum atomic E-state index is 12.3. The number of carbonyl (C=O) groups is 1.